The molecule has 7 heteroatoms. The van der Waals surface area contributed by atoms with Gasteiger partial charge in [-0.05, 0) is 67.1 Å². The molecule has 0 saturated heterocycles. The van der Waals surface area contributed by atoms with Crippen LogP contribution in [0.1, 0.15) is 49.8 Å². The average Bonchev–Trinajstić information content (AvgIpc) is 3.21. The van der Waals surface area contributed by atoms with Crippen LogP contribution >= 0.6 is 0 Å². The maximum Gasteiger partial charge on any atom is 0.239 e. The Balaban J connectivity index is 1.48. The van der Waals surface area contributed by atoms with Gasteiger partial charge in [-0.25, -0.2) is 0 Å². The molecule has 3 N–H and O–H groups in total. The highest BCUT2D eigenvalue weighted by molar-refractivity contribution is 6.01. The van der Waals surface area contributed by atoms with Crippen molar-refractivity contribution in [2.24, 2.45) is 5.41 Å². The summed E-state index contributed by atoms with van der Waals surface area (Å²) < 4.78 is 6.10. The third kappa shape index (κ3) is 5.26. The molecule has 2 aliphatic rings. The summed E-state index contributed by atoms with van der Waals surface area (Å²) >= 11 is 0. The Morgan fingerprint density at radius 2 is 1.86 bits per heavy atom. The number of phenols is 1. The molecule has 1 unspecified atom stereocenters. The summed E-state index contributed by atoms with van der Waals surface area (Å²) in [6.45, 7) is 6.62. The van der Waals surface area contributed by atoms with Gasteiger partial charge in [-0.1, -0.05) is 38.1 Å². The number of ketones is 1. The number of nitrogens with zero attached hydrogens (tertiary/aromatic N) is 1. The van der Waals surface area contributed by atoms with Crippen molar-refractivity contribution >= 4 is 23.1 Å². The summed E-state index contributed by atoms with van der Waals surface area (Å²) in [5.41, 5.74) is 4.13. The number of fused-ring (bicyclic) bond motifs is 1. The van der Waals surface area contributed by atoms with E-state index in [2.05, 4.69) is 24.5 Å². The monoisotopic (exact) mass is 499 g/mol. The molecule has 1 atom stereocenters. The number of carbonyl (C=O) groups excluding carboxylic acids is 2. The fourth-order valence-corrected chi connectivity index (χ4v) is 5.34. The molecule has 37 heavy (non-hydrogen) atoms. The molecule has 0 spiro atoms. The van der Waals surface area contributed by atoms with Gasteiger partial charge in [0.25, 0.3) is 0 Å². The van der Waals surface area contributed by atoms with Crippen LogP contribution in [0.3, 0.4) is 0 Å². The number of rotatable bonds is 6. The number of furan rings is 1. The molecule has 5 rings (SSSR count). The van der Waals surface area contributed by atoms with Crippen LogP contribution in [0.4, 0.5) is 11.4 Å². The Bertz CT molecular complexity index is 1350. The highest BCUT2D eigenvalue weighted by Crippen LogP contribution is 2.48. The van der Waals surface area contributed by atoms with E-state index in [1.54, 1.807) is 12.1 Å². The van der Waals surface area contributed by atoms with Crippen molar-refractivity contribution in [3.8, 4) is 5.75 Å². The summed E-state index contributed by atoms with van der Waals surface area (Å²) in [6, 6.07) is 18.1. The fraction of sp³-hybridized carbons (Fsp3) is 0.333. The van der Waals surface area contributed by atoms with Gasteiger partial charge in [-0.15, -0.1) is 0 Å². The molecular formula is C30H33N3O4. The van der Waals surface area contributed by atoms with E-state index in [1.807, 2.05) is 60.4 Å². The van der Waals surface area contributed by atoms with Gasteiger partial charge >= 0.3 is 0 Å². The molecule has 1 aliphatic heterocycles. The van der Waals surface area contributed by atoms with E-state index in [-0.39, 0.29) is 29.4 Å². The molecule has 0 radical (unpaired) electrons. The maximum atomic E-state index is 13.6. The Labute approximate surface area is 217 Å². The van der Waals surface area contributed by atoms with Crippen molar-refractivity contribution < 1.29 is 19.1 Å². The number of anilines is 2. The van der Waals surface area contributed by atoms with Gasteiger partial charge < -0.3 is 25.1 Å². The molecule has 0 saturated carbocycles. The number of hydrogen-bond acceptors (Lipinski definition) is 6. The van der Waals surface area contributed by atoms with E-state index in [4.69, 9.17) is 4.42 Å². The van der Waals surface area contributed by atoms with E-state index in [0.717, 1.165) is 34.8 Å². The zero-order chi connectivity index (χ0) is 26.2. The number of para-hydroxylation sites is 2. The standard InChI is InChI=1S/C30H33N3O4/c1-19-8-13-26(37-19)29-28-23(16-30(2,3)17-25(28)35)32-22-6-4-5-7-24(22)33(29)18-27(36)31-15-14-20-9-11-21(34)12-10-20/h4-13,29,32,34H,14-18H2,1-3H3,(H,31,36). The van der Waals surface area contributed by atoms with Crippen LogP contribution in [0.5, 0.6) is 5.75 Å². The van der Waals surface area contributed by atoms with Crippen LogP contribution < -0.4 is 15.5 Å². The fourth-order valence-electron chi connectivity index (χ4n) is 5.34. The van der Waals surface area contributed by atoms with Crippen LogP contribution in [-0.4, -0.2) is 29.9 Å². The zero-order valence-corrected chi connectivity index (χ0v) is 21.5. The van der Waals surface area contributed by atoms with Crippen LogP contribution in [0.15, 0.2) is 76.4 Å². The molecule has 0 fully saturated rings. The first kappa shape index (κ1) is 24.7. The molecule has 1 aromatic heterocycles. The normalized spacial score (nSPS) is 18.5. The number of amides is 1. The minimum atomic E-state index is -0.522. The van der Waals surface area contributed by atoms with E-state index < -0.39 is 6.04 Å². The van der Waals surface area contributed by atoms with E-state index in [1.165, 1.54) is 0 Å². The quantitative estimate of drug-likeness (QED) is 0.428. The van der Waals surface area contributed by atoms with Crippen molar-refractivity contribution in [3.05, 3.63) is 89.0 Å². The maximum absolute atomic E-state index is 13.6. The predicted molar refractivity (Wildman–Crippen MR) is 143 cm³/mol. The summed E-state index contributed by atoms with van der Waals surface area (Å²) in [5.74, 6) is 1.55. The number of allylic oxidation sites excluding steroid dienone is 1. The lowest BCUT2D eigenvalue weighted by Gasteiger charge is -2.36. The molecule has 2 aromatic carbocycles. The Morgan fingerprint density at radius 1 is 1.11 bits per heavy atom. The lowest BCUT2D eigenvalue weighted by Crippen LogP contribution is -2.42. The van der Waals surface area contributed by atoms with Crippen molar-refractivity contribution in [2.75, 3.05) is 23.3 Å². The number of aromatic hydroxyl groups is 1. The minimum Gasteiger partial charge on any atom is -0.508 e. The number of aryl methyl sites for hydroxylation is 1. The van der Waals surface area contributed by atoms with Gasteiger partial charge in [-0.3, -0.25) is 9.59 Å². The Kier molecular flexibility index (Phi) is 6.54. The molecule has 1 aliphatic carbocycles. The Morgan fingerprint density at radius 3 is 2.59 bits per heavy atom. The number of nitrogens with one attached hydrogen (secondary N) is 2. The van der Waals surface area contributed by atoms with Gasteiger partial charge in [0.2, 0.25) is 5.91 Å². The lowest BCUT2D eigenvalue weighted by molar-refractivity contribution is -0.120. The number of carbonyl (C=O) groups is 2. The summed E-state index contributed by atoms with van der Waals surface area (Å²) in [4.78, 5) is 28.9. The second-order valence-electron chi connectivity index (χ2n) is 10.7. The van der Waals surface area contributed by atoms with Crippen molar-refractivity contribution in [1.82, 2.24) is 5.32 Å². The van der Waals surface area contributed by atoms with Gasteiger partial charge in [0.1, 0.15) is 23.3 Å². The predicted octanol–water partition coefficient (Wildman–Crippen LogP) is 5.27. The second-order valence-corrected chi connectivity index (χ2v) is 10.7. The van der Waals surface area contributed by atoms with E-state index in [9.17, 15) is 14.7 Å². The average molecular weight is 500 g/mol. The minimum absolute atomic E-state index is 0.0616. The molecular weight excluding hydrogens is 466 g/mol. The number of Topliss-reactive ketones (excluding diaryl/α,β-unsaturated/α-hetero) is 1. The van der Waals surface area contributed by atoms with Gasteiger partial charge in [0.15, 0.2) is 5.78 Å². The van der Waals surface area contributed by atoms with Crippen molar-refractivity contribution in [3.63, 3.8) is 0 Å². The lowest BCUT2D eigenvalue weighted by atomic mass is 9.74. The molecule has 0 bridgehead atoms. The first-order valence-corrected chi connectivity index (χ1v) is 12.7. The Hall–Kier alpha value is -4.00. The second kappa shape index (κ2) is 9.81. The third-order valence-corrected chi connectivity index (χ3v) is 7.02. The first-order valence-electron chi connectivity index (χ1n) is 12.7. The topological polar surface area (TPSA) is 94.8 Å². The molecule has 3 aromatic rings. The molecule has 1 amide bonds. The first-order chi connectivity index (χ1) is 17.7. The van der Waals surface area contributed by atoms with Crippen LogP contribution in [0, 0.1) is 12.3 Å². The van der Waals surface area contributed by atoms with E-state index in [0.29, 0.717) is 30.7 Å². The SMILES string of the molecule is Cc1ccc(C2C3=C(CC(C)(C)CC3=O)Nc3ccccc3N2CC(=O)NCCc2ccc(O)cc2)o1. The largest absolute Gasteiger partial charge is 0.508 e. The summed E-state index contributed by atoms with van der Waals surface area (Å²) in [6.07, 6.45) is 1.81. The van der Waals surface area contributed by atoms with Crippen LogP contribution in [-0.2, 0) is 16.0 Å². The number of phenolic OH excluding ortho intramolecular Hbond substituents is 1. The van der Waals surface area contributed by atoms with Crippen molar-refractivity contribution in [1.29, 1.82) is 0 Å². The molecule has 7 nitrogen and oxygen atoms in total. The highest BCUT2D eigenvalue weighted by atomic mass is 16.3. The van der Waals surface area contributed by atoms with Crippen LogP contribution in [0.25, 0.3) is 0 Å². The molecule has 2 heterocycles. The summed E-state index contributed by atoms with van der Waals surface area (Å²) in [5, 5.41) is 16.1. The van der Waals surface area contributed by atoms with Crippen LogP contribution in [0.2, 0.25) is 0 Å². The highest BCUT2D eigenvalue weighted by Gasteiger charge is 2.43. The smallest absolute Gasteiger partial charge is 0.239 e. The summed E-state index contributed by atoms with van der Waals surface area (Å²) in [7, 11) is 0. The third-order valence-electron chi connectivity index (χ3n) is 7.02. The number of benzene rings is 2. The number of hydrogen-bond donors (Lipinski definition) is 3. The van der Waals surface area contributed by atoms with Gasteiger partial charge in [0.05, 0.1) is 17.9 Å². The van der Waals surface area contributed by atoms with E-state index >= 15 is 0 Å². The molecule has 192 valence electrons. The zero-order valence-electron chi connectivity index (χ0n) is 21.5. The van der Waals surface area contributed by atoms with Gasteiger partial charge in [0, 0.05) is 24.2 Å². The van der Waals surface area contributed by atoms with Crippen molar-refractivity contribution in [2.45, 2.75) is 46.1 Å². The van der Waals surface area contributed by atoms with Gasteiger partial charge in [-0.2, -0.15) is 0 Å².